The molecule has 6 heteroatoms. The lowest BCUT2D eigenvalue weighted by Crippen LogP contribution is -2.26. The van der Waals surface area contributed by atoms with Crippen molar-refractivity contribution in [2.24, 2.45) is 0 Å². The number of rotatable bonds is 7. The Kier molecular flexibility index (Phi) is 6.01. The minimum atomic E-state index is 0.173. The first kappa shape index (κ1) is 15.0. The number of nitrogens with one attached hydrogen (secondary N) is 1. The van der Waals surface area contributed by atoms with Crippen molar-refractivity contribution in [2.45, 2.75) is 38.9 Å². The molecule has 6 nitrogen and oxygen atoms in total. The maximum Gasteiger partial charge on any atom is 0.218 e. The zero-order chi connectivity index (χ0) is 14.2. The minimum Gasteiger partial charge on any atom is -0.475 e. The average Bonchev–Trinajstić information content (AvgIpc) is 2.47. The zero-order valence-electron chi connectivity index (χ0n) is 12.2. The topological polar surface area (TPSA) is 65.5 Å². The van der Waals surface area contributed by atoms with Crippen molar-refractivity contribution in [2.75, 3.05) is 32.2 Å². The second-order valence-corrected chi connectivity index (χ2v) is 4.77. The van der Waals surface area contributed by atoms with Crippen molar-refractivity contribution in [3.8, 4) is 5.88 Å². The van der Waals surface area contributed by atoms with Gasteiger partial charge in [-0.3, -0.25) is 0 Å². The molecular weight excluding hydrogens is 258 g/mol. The van der Waals surface area contributed by atoms with Gasteiger partial charge in [0.05, 0.1) is 6.10 Å². The Morgan fingerprint density at radius 2 is 2.30 bits per heavy atom. The fourth-order valence-electron chi connectivity index (χ4n) is 2.13. The summed E-state index contributed by atoms with van der Waals surface area (Å²) < 4.78 is 16.5. The van der Waals surface area contributed by atoms with Gasteiger partial charge in [0.1, 0.15) is 19.0 Å². The van der Waals surface area contributed by atoms with E-state index >= 15 is 0 Å². The first-order valence-corrected chi connectivity index (χ1v) is 7.17. The second kappa shape index (κ2) is 8.01. The van der Waals surface area contributed by atoms with Crippen LogP contribution in [-0.4, -0.2) is 42.9 Å². The fraction of sp³-hybridized carbons (Fsp3) is 0.714. The highest BCUT2D eigenvalue weighted by Gasteiger charge is 2.15. The molecule has 0 bridgehead atoms. The summed E-state index contributed by atoms with van der Waals surface area (Å²) in [4.78, 5) is 8.69. The Balaban J connectivity index is 1.97. The Hall–Kier alpha value is -1.40. The van der Waals surface area contributed by atoms with E-state index in [0.29, 0.717) is 24.9 Å². The van der Waals surface area contributed by atoms with Crippen LogP contribution in [0.4, 0.5) is 5.82 Å². The Morgan fingerprint density at radius 1 is 1.40 bits per heavy atom. The number of hydrogen-bond acceptors (Lipinski definition) is 6. The van der Waals surface area contributed by atoms with Crippen LogP contribution in [0.5, 0.6) is 5.88 Å². The fourth-order valence-corrected chi connectivity index (χ4v) is 2.13. The Labute approximate surface area is 119 Å². The largest absolute Gasteiger partial charge is 0.475 e. The summed E-state index contributed by atoms with van der Waals surface area (Å²) in [6, 6.07) is 1.81. The SMILES string of the molecule is CCNc1cc(OCC2CCCCO2)nc(COC)n1. The molecule has 1 unspecified atom stereocenters. The zero-order valence-corrected chi connectivity index (χ0v) is 12.2. The first-order chi connectivity index (χ1) is 9.81. The quantitative estimate of drug-likeness (QED) is 0.824. The summed E-state index contributed by atoms with van der Waals surface area (Å²) in [5.41, 5.74) is 0. The molecule has 0 aliphatic carbocycles. The van der Waals surface area contributed by atoms with Crippen LogP contribution in [0, 0.1) is 0 Å². The number of nitrogens with zero attached hydrogens (tertiary/aromatic N) is 2. The molecule has 112 valence electrons. The highest BCUT2D eigenvalue weighted by atomic mass is 16.5. The summed E-state index contributed by atoms with van der Waals surface area (Å²) in [6.07, 6.45) is 3.57. The van der Waals surface area contributed by atoms with Crippen molar-refractivity contribution in [1.29, 1.82) is 0 Å². The van der Waals surface area contributed by atoms with E-state index in [-0.39, 0.29) is 6.10 Å². The molecule has 1 saturated heterocycles. The predicted octanol–water partition coefficient (Wildman–Crippen LogP) is 2.00. The average molecular weight is 281 g/mol. The number of methoxy groups -OCH3 is 1. The standard InChI is InChI=1S/C14H23N3O3/c1-3-15-12-8-14(17-13(16-12)10-18-2)20-9-11-6-4-5-7-19-11/h8,11H,3-7,9-10H2,1-2H3,(H,15,16,17). The van der Waals surface area contributed by atoms with Gasteiger partial charge in [0.2, 0.25) is 5.88 Å². The summed E-state index contributed by atoms with van der Waals surface area (Å²) in [7, 11) is 1.62. The van der Waals surface area contributed by atoms with Crippen LogP contribution in [0.2, 0.25) is 0 Å². The number of ether oxygens (including phenoxy) is 3. The third-order valence-corrected chi connectivity index (χ3v) is 3.07. The predicted molar refractivity (Wildman–Crippen MR) is 76.0 cm³/mol. The molecule has 2 heterocycles. The van der Waals surface area contributed by atoms with E-state index in [4.69, 9.17) is 14.2 Å². The van der Waals surface area contributed by atoms with Gasteiger partial charge in [-0.1, -0.05) is 0 Å². The van der Waals surface area contributed by atoms with Crippen molar-refractivity contribution in [3.63, 3.8) is 0 Å². The van der Waals surface area contributed by atoms with E-state index in [1.807, 2.05) is 13.0 Å². The van der Waals surface area contributed by atoms with Gasteiger partial charge in [0.25, 0.3) is 0 Å². The molecule has 0 spiro atoms. The maximum atomic E-state index is 5.75. The van der Waals surface area contributed by atoms with E-state index in [1.165, 1.54) is 6.42 Å². The Morgan fingerprint density at radius 3 is 3.00 bits per heavy atom. The van der Waals surface area contributed by atoms with Gasteiger partial charge >= 0.3 is 0 Å². The van der Waals surface area contributed by atoms with Crippen LogP contribution in [-0.2, 0) is 16.1 Å². The first-order valence-electron chi connectivity index (χ1n) is 7.17. The van der Waals surface area contributed by atoms with Crippen LogP contribution >= 0.6 is 0 Å². The molecule has 1 N–H and O–H groups in total. The van der Waals surface area contributed by atoms with Crippen molar-refractivity contribution in [3.05, 3.63) is 11.9 Å². The third kappa shape index (κ3) is 4.61. The van der Waals surface area contributed by atoms with Gasteiger partial charge in [-0.15, -0.1) is 0 Å². The van der Waals surface area contributed by atoms with Crippen molar-refractivity contribution in [1.82, 2.24) is 9.97 Å². The van der Waals surface area contributed by atoms with E-state index in [1.54, 1.807) is 7.11 Å². The van der Waals surface area contributed by atoms with Crippen LogP contribution in [0.3, 0.4) is 0 Å². The molecule has 1 fully saturated rings. The van der Waals surface area contributed by atoms with E-state index in [9.17, 15) is 0 Å². The molecule has 1 aromatic heterocycles. The highest BCUT2D eigenvalue weighted by Crippen LogP contribution is 2.17. The van der Waals surface area contributed by atoms with Crippen LogP contribution in [0.1, 0.15) is 32.0 Å². The maximum absolute atomic E-state index is 5.75. The molecule has 2 rings (SSSR count). The van der Waals surface area contributed by atoms with Gasteiger partial charge < -0.3 is 19.5 Å². The van der Waals surface area contributed by atoms with Gasteiger partial charge in [0, 0.05) is 26.3 Å². The molecule has 0 amide bonds. The molecule has 1 aliphatic heterocycles. The molecule has 0 saturated carbocycles. The minimum absolute atomic E-state index is 0.173. The summed E-state index contributed by atoms with van der Waals surface area (Å²) in [6.45, 7) is 4.56. The molecule has 0 aromatic carbocycles. The number of aromatic nitrogens is 2. The second-order valence-electron chi connectivity index (χ2n) is 4.77. The number of anilines is 1. The van der Waals surface area contributed by atoms with Gasteiger partial charge in [0.15, 0.2) is 5.82 Å². The lowest BCUT2D eigenvalue weighted by molar-refractivity contribution is -0.0120. The lowest BCUT2D eigenvalue weighted by Gasteiger charge is -2.22. The van der Waals surface area contributed by atoms with E-state index in [2.05, 4.69) is 15.3 Å². The van der Waals surface area contributed by atoms with E-state index < -0.39 is 0 Å². The molecule has 20 heavy (non-hydrogen) atoms. The van der Waals surface area contributed by atoms with Gasteiger partial charge in [-0.2, -0.15) is 4.98 Å². The highest BCUT2D eigenvalue weighted by molar-refractivity contribution is 5.38. The van der Waals surface area contributed by atoms with Gasteiger partial charge in [-0.25, -0.2) is 4.98 Å². The molecule has 1 aromatic rings. The van der Waals surface area contributed by atoms with Gasteiger partial charge in [-0.05, 0) is 26.2 Å². The smallest absolute Gasteiger partial charge is 0.218 e. The molecular formula is C14H23N3O3. The van der Waals surface area contributed by atoms with E-state index in [0.717, 1.165) is 31.8 Å². The summed E-state index contributed by atoms with van der Waals surface area (Å²) >= 11 is 0. The normalized spacial score (nSPS) is 18.8. The van der Waals surface area contributed by atoms with Crippen LogP contribution in [0.25, 0.3) is 0 Å². The summed E-state index contributed by atoms with van der Waals surface area (Å²) in [5.74, 6) is 1.94. The number of hydrogen-bond donors (Lipinski definition) is 1. The van der Waals surface area contributed by atoms with Crippen LogP contribution in [0.15, 0.2) is 6.07 Å². The Bertz CT molecular complexity index is 384. The van der Waals surface area contributed by atoms with Crippen molar-refractivity contribution >= 4 is 5.82 Å². The lowest BCUT2D eigenvalue weighted by atomic mass is 10.1. The van der Waals surface area contributed by atoms with Crippen molar-refractivity contribution < 1.29 is 14.2 Å². The van der Waals surface area contributed by atoms with Crippen LogP contribution < -0.4 is 10.1 Å². The molecule has 1 atom stereocenters. The monoisotopic (exact) mass is 281 g/mol. The molecule has 0 radical (unpaired) electrons. The molecule has 1 aliphatic rings. The summed E-state index contributed by atoms with van der Waals surface area (Å²) in [5, 5.41) is 3.17. The third-order valence-electron chi connectivity index (χ3n) is 3.07.